The highest BCUT2D eigenvalue weighted by molar-refractivity contribution is 5.88. The van der Waals surface area contributed by atoms with E-state index in [2.05, 4.69) is 11.0 Å². The molecular formula is C23H26F3NO3. The van der Waals surface area contributed by atoms with Crippen LogP contribution in [0, 0.1) is 11.8 Å². The average molecular weight is 421 g/mol. The van der Waals surface area contributed by atoms with Gasteiger partial charge in [0.25, 0.3) is 0 Å². The fraction of sp³-hybridized carbons (Fsp3) is 0.522. The van der Waals surface area contributed by atoms with E-state index in [4.69, 9.17) is 9.47 Å². The first-order valence-electron chi connectivity index (χ1n) is 10.4. The Morgan fingerprint density at radius 3 is 2.50 bits per heavy atom. The summed E-state index contributed by atoms with van der Waals surface area (Å²) in [6.45, 7) is 2.17. The number of fused-ring (bicyclic) bond motifs is 1. The number of esters is 1. The molecule has 2 aliphatic rings. The predicted molar refractivity (Wildman–Crippen MR) is 107 cm³/mol. The lowest BCUT2D eigenvalue weighted by Gasteiger charge is -2.37. The molecule has 4 nitrogen and oxygen atoms in total. The molecule has 0 unspecified atom stereocenters. The normalized spacial score (nSPS) is 23.2. The van der Waals surface area contributed by atoms with Crippen LogP contribution in [-0.2, 0) is 16.1 Å². The molecule has 1 heterocycles. The summed E-state index contributed by atoms with van der Waals surface area (Å²) in [4.78, 5) is 13.7. The van der Waals surface area contributed by atoms with Crippen molar-refractivity contribution >= 4 is 16.7 Å². The fourth-order valence-corrected chi connectivity index (χ4v) is 4.47. The minimum atomic E-state index is -4.10. The van der Waals surface area contributed by atoms with Gasteiger partial charge in [0, 0.05) is 25.0 Å². The van der Waals surface area contributed by atoms with E-state index >= 15 is 0 Å². The average Bonchev–Trinajstić information content (AvgIpc) is 2.69. The van der Waals surface area contributed by atoms with Gasteiger partial charge in [0.1, 0.15) is 5.75 Å². The van der Waals surface area contributed by atoms with Crippen molar-refractivity contribution in [3.05, 3.63) is 42.0 Å². The number of nitrogens with zero attached hydrogens (tertiary/aromatic N) is 1. The lowest BCUT2D eigenvalue weighted by atomic mass is 9.87. The number of halogens is 3. The Morgan fingerprint density at radius 2 is 1.83 bits per heavy atom. The molecule has 7 heteroatoms. The van der Waals surface area contributed by atoms with E-state index in [1.807, 2.05) is 30.3 Å². The molecular weight excluding hydrogens is 395 g/mol. The van der Waals surface area contributed by atoms with E-state index in [9.17, 15) is 18.0 Å². The van der Waals surface area contributed by atoms with Crippen LogP contribution in [0.15, 0.2) is 36.4 Å². The van der Waals surface area contributed by atoms with Gasteiger partial charge in [0.15, 0.2) is 0 Å². The van der Waals surface area contributed by atoms with Gasteiger partial charge in [0.2, 0.25) is 0 Å². The van der Waals surface area contributed by atoms with E-state index in [1.54, 1.807) is 0 Å². The molecule has 4 rings (SSSR count). The minimum Gasteiger partial charge on any atom is -0.490 e. The van der Waals surface area contributed by atoms with Crippen LogP contribution in [0.1, 0.15) is 31.2 Å². The summed E-state index contributed by atoms with van der Waals surface area (Å²) in [6.07, 6.45) is -3.17. The molecule has 0 bridgehead atoms. The van der Waals surface area contributed by atoms with Gasteiger partial charge in [-0.05, 0) is 48.8 Å². The number of carbonyl (C=O) groups excluding carboxylic acids is 1. The molecule has 0 atom stereocenters. The summed E-state index contributed by atoms with van der Waals surface area (Å²) in [7, 11) is 1.41. The van der Waals surface area contributed by atoms with Crippen molar-refractivity contribution < 1.29 is 27.4 Å². The molecule has 0 amide bonds. The molecule has 2 aromatic rings. The van der Waals surface area contributed by atoms with Gasteiger partial charge < -0.3 is 9.47 Å². The highest BCUT2D eigenvalue weighted by atomic mass is 19.4. The first kappa shape index (κ1) is 21.0. The van der Waals surface area contributed by atoms with Gasteiger partial charge in [-0.2, -0.15) is 13.2 Å². The largest absolute Gasteiger partial charge is 0.490 e. The van der Waals surface area contributed by atoms with E-state index in [0.29, 0.717) is 25.9 Å². The van der Waals surface area contributed by atoms with Gasteiger partial charge in [-0.1, -0.05) is 24.3 Å². The third-order valence-corrected chi connectivity index (χ3v) is 6.23. The van der Waals surface area contributed by atoms with E-state index in [0.717, 1.165) is 28.6 Å². The van der Waals surface area contributed by atoms with Crippen LogP contribution in [0.3, 0.4) is 0 Å². The van der Waals surface area contributed by atoms with E-state index in [1.165, 1.54) is 7.11 Å². The fourth-order valence-electron chi connectivity index (χ4n) is 4.47. The van der Waals surface area contributed by atoms with Crippen molar-refractivity contribution in [3.8, 4) is 5.75 Å². The van der Waals surface area contributed by atoms with Crippen LogP contribution in [0.4, 0.5) is 13.2 Å². The Hall–Kier alpha value is -2.28. The number of alkyl halides is 3. The number of carbonyl (C=O) groups is 1. The zero-order chi connectivity index (χ0) is 21.3. The lowest BCUT2D eigenvalue weighted by molar-refractivity contribution is -0.185. The molecule has 30 heavy (non-hydrogen) atoms. The third kappa shape index (κ3) is 4.56. The number of ether oxygens (including phenoxy) is 2. The van der Waals surface area contributed by atoms with Gasteiger partial charge in [-0.15, -0.1) is 0 Å². The van der Waals surface area contributed by atoms with Crippen molar-refractivity contribution in [2.75, 3.05) is 20.2 Å². The number of methoxy groups -OCH3 is 1. The standard InChI is InChI=1S/C23H26F3NO3/c1-29-22(28)17-13-27(14-17)12-15-5-10-20-16(11-15)3-2-4-21(20)30-19-8-6-18(7-9-19)23(24,25)26/h2-5,10-11,17-19H,6-9,12-14H2,1H3/t18-,19-. The zero-order valence-corrected chi connectivity index (χ0v) is 17.0. The molecule has 0 radical (unpaired) electrons. The molecule has 0 aromatic heterocycles. The van der Waals surface area contributed by atoms with Crippen molar-refractivity contribution in [2.45, 2.75) is 44.5 Å². The molecule has 1 aliphatic carbocycles. The molecule has 0 N–H and O–H groups in total. The summed E-state index contributed by atoms with van der Waals surface area (Å²) in [5, 5.41) is 2.01. The predicted octanol–water partition coefficient (Wildman–Crippen LogP) is 4.94. The molecule has 0 spiro atoms. The zero-order valence-electron chi connectivity index (χ0n) is 17.0. The number of rotatable bonds is 5. The second-order valence-corrected chi connectivity index (χ2v) is 8.36. The summed E-state index contributed by atoms with van der Waals surface area (Å²) in [6, 6.07) is 12.0. The van der Waals surface area contributed by atoms with Gasteiger partial charge >= 0.3 is 12.1 Å². The quantitative estimate of drug-likeness (QED) is 0.641. The number of hydrogen-bond donors (Lipinski definition) is 0. The Bertz CT molecular complexity index is 900. The van der Waals surface area contributed by atoms with Crippen molar-refractivity contribution in [1.82, 2.24) is 4.90 Å². The number of likely N-dealkylation sites (tertiary alicyclic amines) is 1. The topological polar surface area (TPSA) is 38.8 Å². The molecule has 1 saturated carbocycles. The van der Waals surface area contributed by atoms with Crippen LogP contribution >= 0.6 is 0 Å². The summed E-state index contributed by atoms with van der Waals surface area (Å²) < 4.78 is 49.5. The van der Waals surface area contributed by atoms with Crippen molar-refractivity contribution in [1.29, 1.82) is 0 Å². The maximum Gasteiger partial charge on any atom is 0.391 e. The summed E-state index contributed by atoms with van der Waals surface area (Å²) in [5.74, 6) is -0.671. The highest BCUT2D eigenvalue weighted by Crippen LogP contribution is 2.39. The Labute approximate surface area is 173 Å². The van der Waals surface area contributed by atoms with Crippen LogP contribution < -0.4 is 4.74 Å². The smallest absolute Gasteiger partial charge is 0.391 e. The SMILES string of the molecule is COC(=O)C1CN(Cc2ccc3c(O[C@H]4CC[C@H](C(F)(F)F)CC4)cccc3c2)C1. The van der Waals surface area contributed by atoms with Crippen LogP contribution in [-0.4, -0.2) is 43.3 Å². The highest BCUT2D eigenvalue weighted by Gasteiger charge is 2.41. The molecule has 2 aromatic carbocycles. The summed E-state index contributed by atoms with van der Waals surface area (Å²) in [5.41, 5.74) is 1.15. The van der Waals surface area contributed by atoms with Crippen LogP contribution in [0.5, 0.6) is 5.75 Å². The molecule has 162 valence electrons. The molecule has 1 aliphatic heterocycles. The van der Waals surface area contributed by atoms with Crippen molar-refractivity contribution in [3.63, 3.8) is 0 Å². The molecule has 2 fully saturated rings. The van der Waals surface area contributed by atoms with Crippen molar-refractivity contribution in [2.24, 2.45) is 11.8 Å². The first-order chi connectivity index (χ1) is 14.3. The maximum absolute atomic E-state index is 12.9. The monoisotopic (exact) mass is 421 g/mol. The maximum atomic E-state index is 12.9. The summed E-state index contributed by atoms with van der Waals surface area (Å²) >= 11 is 0. The van der Waals surface area contributed by atoms with Gasteiger partial charge in [0.05, 0.1) is 25.0 Å². The number of benzene rings is 2. The van der Waals surface area contributed by atoms with Crippen LogP contribution in [0.25, 0.3) is 10.8 Å². The third-order valence-electron chi connectivity index (χ3n) is 6.23. The molecule has 1 saturated heterocycles. The second kappa shape index (κ2) is 8.46. The number of hydrogen-bond acceptors (Lipinski definition) is 4. The van der Waals surface area contributed by atoms with E-state index < -0.39 is 12.1 Å². The Morgan fingerprint density at radius 1 is 1.10 bits per heavy atom. The first-order valence-corrected chi connectivity index (χ1v) is 10.4. The Balaban J connectivity index is 1.38. The lowest BCUT2D eigenvalue weighted by Crippen LogP contribution is -2.49. The second-order valence-electron chi connectivity index (χ2n) is 8.36. The minimum absolute atomic E-state index is 0.0390. The van der Waals surface area contributed by atoms with Crippen LogP contribution in [0.2, 0.25) is 0 Å². The Kier molecular flexibility index (Phi) is 5.91. The van der Waals surface area contributed by atoms with E-state index in [-0.39, 0.29) is 30.8 Å². The van der Waals surface area contributed by atoms with Gasteiger partial charge in [-0.25, -0.2) is 0 Å². The van der Waals surface area contributed by atoms with Gasteiger partial charge in [-0.3, -0.25) is 9.69 Å².